The van der Waals surface area contributed by atoms with Gasteiger partial charge in [0, 0.05) is 44.8 Å². The second kappa shape index (κ2) is 8.64. The molecule has 0 bridgehead atoms. The second-order valence-electron chi connectivity index (χ2n) is 6.87. The van der Waals surface area contributed by atoms with Crippen LogP contribution < -0.4 is 10.2 Å². The van der Waals surface area contributed by atoms with E-state index in [1.165, 1.54) is 0 Å². The van der Waals surface area contributed by atoms with Gasteiger partial charge >= 0.3 is 0 Å². The molecule has 1 N–H and O–H groups in total. The maximum absolute atomic E-state index is 12.9. The Labute approximate surface area is 169 Å². The lowest BCUT2D eigenvalue weighted by molar-refractivity contribution is 0.0740. The maximum atomic E-state index is 12.9. The van der Waals surface area contributed by atoms with E-state index in [-0.39, 0.29) is 11.9 Å². The number of hydrogen-bond donors (Lipinski definition) is 1. The topological polar surface area (TPSA) is 87.1 Å². The van der Waals surface area contributed by atoms with E-state index in [0.717, 1.165) is 5.56 Å². The molecule has 1 fully saturated rings. The van der Waals surface area contributed by atoms with Crippen molar-refractivity contribution in [2.24, 2.45) is 0 Å². The minimum Gasteiger partial charge on any atom is -0.348 e. The van der Waals surface area contributed by atoms with Gasteiger partial charge in [0.1, 0.15) is 5.69 Å². The first-order valence-corrected chi connectivity index (χ1v) is 9.66. The van der Waals surface area contributed by atoms with Crippen LogP contribution >= 0.6 is 0 Å². The predicted octanol–water partition coefficient (Wildman–Crippen LogP) is 2.40. The molecular weight excluding hydrogens is 366 g/mol. The Hall–Kier alpha value is -3.55. The molecule has 148 valence electrons. The molecule has 0 spiro atoms. The van der Waals surface area contributed by atoms with Crippen molar-refractivity contribution in [3.05, 3.63) is 72.3 Å². The lowest BCUT2D eigenvalue weighted by atomic mass is 10.1. The van der Waals surface area contributed by atoms with Gasteiger partial charge in [0.2, 0.25) is 11.9 Å². The number of hydrogen-bond acceptors (Lipinski definition) is 7. The molecule has 0 saturated carbocycles. The van der Waals surface area contributed by atoms with Crippen molar-refractivity contribution in [3.63, 3.8) is 0 Å². The minimum absolute atomic E-state index is 0.0379. The van der Waals surface area contributed by atoms with E-state index in [2.05, 4.69) is 30.2 Å². The summed E-state index contributed by atoms with van der Waals surface area (Å²) in [6, 6.07) is 13.6. The zero-order valence-electron chi connectivity index (χ0n) is 16.3. The Kier molecular flexibility index (Phi) is 5.60. The van der Waals surface area contributed by atoms with E-state index >= 15 is 0 Å². The SMILES string of the molecule is CC(Nc1nccc(C(=O)N2CCN(c3ncccn3)CC2)n1)c1ccccc1. The molecule has 1 unspecified atom stereocenters. The summed E-state index contributed by atoms with van der Waals surface area (Å²) >= 11 is 0. The summed E-state index contributed by atoms with van der Waals surface area (Å²) in [6.07, 6.45) is 5.08. The number of nitrogens with zero attached hydrogens (tertiary/aromatic N) is 6. The standard InChI is InChI=1S/C21H23N7O/c1-16(17-6-3-2-4-7-17)25-20-22-11-8-18(26-20)19(29)27-12-14-28(15-13-27)21-23-9-5-10-24-21/h2-11,16H,12-15H2,1H3,(H,22,25,26). The number of carbonyl (C=O) groups excluding carboxylic acids is 1. The third kappa shape index (κ3) is 4.48. The summed E-state index contributed by atoms with van der Waals surface area (Å²) in [5.41, 5.74) is 1.53. The van der Waals surface area contributed by atoms with Gasteiger partial charge in [-0.15, -0.1) is 0 Å². The van der Waals surface area contributed by atoms with Gasteiger partial charge in [0.15, 0.2) is 0 Å². The number of amides is 1. The highest BCUT2D eigenvalue weighted by atomic mass is 16.2. The molecule has 4 rings (SSSR count). The first-order chi connectivity index (χ1) is 14.2. The number of rotatable bonds is 5. The monoisotopic (exact) mass is 389 g/mol. The molecule has 0 radical (unpaired) electrons. The van der Waals surface area contributed by atoms with Gasteiger partial charge in [-0.2, -0.15) is 0 Å². The molecule has 1 aliphatic heterocycles. The Bertz CT molecular complexity index is 944. The second-order valence-corrected chi connectivity index (χ2v) is 6.87. The van der Waals surface area contributed by atoms with Crippen LogP contribution in [0.25, 0.3) is 0 Å². The van der Waals surface area contributed by atoms with Gasteiger partial charge in [0.05, 0.1) is 6.04 Å². The van der Waals surface area contributed by atoms with Crippen LogP contribution in [0.1, 0.15) is 29.0 Å². The van der Waals surface area contributed by atoms with E-state index in [0.29, 0.717) is 43.8 Å². The molecular formula is C21H23N7O. The number of piperazine rings is 1. The van der Waals surface area contributed by atoms with Crippen molar-refractivity contribution >= 4 is 17.8 Å². The quantitative estimate of drug-likeness (QED) is 0.717. The number of benzene rings is 1. The minimum atomic E-state index is -0.0866. The summed E-state index contributed by atoms with van der Waals surface area (Å²) in [7, 11) is 0. The normalized spacial score (nSPS) is 15.1. The largest absolute Gasteiger partial charge is 0.348 e. The van der Waals surface area contributed by atoms with Crippen LogP contribution in [0.2, 0.25) is 0 Å². The Morgan fingerprint density at radius 1 is 0.931 bits per heavy atom. The van der Waals surface area contributed by atoms with Gasteiger partial charge in [0.25, 0.3) is 5.91 Å². The highest BCUT2D eigenvalue weighted by Crippen LogP contribution is 2.17. The highest BCUT2D eigenvalue weighted by Gasteiger charge is 2.24. The van der Waals surface area contributed by atoms with Crippen LogP contribution in [0, 0.1) is 0 Å². The van der Waals surface area contributed by atoms with Crippen molar-refractivity contribution < 1.29 is 4.79 Å². The average Bonchev–Trinajstić information content (AvgIpc) is 2.80. The Balaban J connectivity index is 1.39. The van der Waals surface area contributed by atoms with Crippen molar-refractivity contribution in [2.45, 2.75) is 13.0 Å². The first-order valence-electron chi connectivity index (χ1n) is 9.66. The van der Waals surface area contributed by atoms with Crippen LogP contribution in [-0.2, 0) is 0 Å². The van der Waals surface area contributed by atoms with E-state index in [1.807, 2.05) is 42.2 Å². The van der Waals surface area contributed by atoms with Crippen LogP contribution in [0.15, 0.2) is 61.1 Å². The van der Waals surface area contributed by atoms with Crippen LogP contribution in [0.5, 0.6) is 0 Å². The Morgan fingerprint density at radius 3 is 2.38 bits per heavy atom. The smallest absolute Gasteiger partial charge is 0.272 e. The zero-order valence-corrected chi connectivity index (χ0v) is 16.3. The number of carbonyl (C=O) groups is 1. The summed E-state index contributed by atoms with van der Waals surface area (Å²) < 4.78 is 0. The van der Waals surface area contributed by atoms with Gasteiger partial charge < -0.3 is 15.1 Å². The van der Waals surface area contributed by atoms with E-state index in [4.69, 9.17) is 0 Å². The van der Waals surface area contributed by atoms with Crippen LogP contribution in [0.3, 0.4) is 0 Å². The third-order valence-corrected chi connectivity index (χ3v) is 4.92. The fourth-order valence-electron chi connectivity index (χ4n) is 3.29. The molecule has 0 aliphatic carbocycles. The summed E-state index contributed by atoms with van der Waals surface area (Å²) in [5, 5.41) is 3.27. The fourth-order valence-corrected chi connectivity index (χ4v) is 3.29. The molecule has 1 saturated heterocycles. The predicted molar refractivity (Wildman–Crippen MR) is 111 cm³/mol. The van der Waals surface area contributed by atoms with Gasteiger partial charge in [-0.1, -0.05) is 30.3 Å². The van der Waals surface area contributed by atoms with Gasteiger partial charge in [-0.25, -0.2) is 19.9 Å². The molecule has 2 aromatic heterocycles. The Morgan fingerprint density at radius 2 is 1.66 bits per heavy atom. The summed E-state index contributed by atoms with van der Waals surface area (Å²) in [6.45, 7) is 4.63. The van der Waals surface area contributed by atoms with Crippen molar-refractivity contribution in [1.82, 2.24) is 24.8 Å². The summed E-state index contributed by atoms with van der Waals surface area (Å²) in [4.78, 5) is 34.1. The average molecular weight is 389 g/mol. The molecule has 3 heterocycles. The lowest BCUT2D eigenvalue weighted by Gasteiger charge is -2.34. The van der Waals surface area contributed by atoms with Crippen molar-refractivity contribution in [1.29, 1.82) is 0 Å². The van der Waals surface area contributed by atoms with E-state index < -0.39 is 0 Å². The molecule has 1 atom stereocenters. The number of nitrogens with one attached hydrogen (secondary N) is 1. The molecule has 29 heavy (non-hydrogen) atoms. The van der Waals surface area contributed by atoms with Gasteiger partial charge in [-0.05, 0) is 24.6 Å². The number of aromatic nitrogens is 4. The summed E-state index contributed by atoms with van der Waals surface area (Å²) in [5.74, 6) is 1.06. The molecule has 8 nitrogen and oxygen atoms in total. The third-order valence-electron chi connectivity index (χ3n) is 4.92. The molecule has 1 amide bonds. The molecule has 1 aromatic carbocycles. The highest BCUT2D eigenvalue weighted by molar-refractivity contribution is 5.92. The van der Waals surface area contributed by atoms with Crippen LogP contribution in [-0.4, -0.2) is 56.9 Å². The fraction of sp³-hybridized carbons (Fsp3) is 0.286. The molecule has 8 heteroatoms. The van der Waals surface area contributed by atoms with Gasteiger partial charge in [-0.3, -0.25) is 4.79 Å². The number of anilines is 2. The molecule has 3 aromatic rings. The zero-order chi connectivity index (χ0) is 20.1. The van der Waals surface area contributed by atoms with Crippen molar-refractivity contribution in [2.75, 3.05) is 36.4 Å². The van der Waals surface area contributed by atoms with E-state index in [1.54, 1.807) is 30.7 Å². The maximum Gasteiger partial charge on any atom is 0.272 e. The lowest BCUT2D eigenvalue weighted by Crippen LogP contribution is -2.49. The first kappa shape index (κ1) is 18.8. The van der Waals surface area contributed by atoms with E-state index in [9.17, 15) is 4.79 Å². The van der Waals surface area contributed by atoms with Crippen LogP contribution in [0.4, 0.5) is 11.9 Å². The molecule has 1 aliphatic rings. The van der Waals surface area contributed by atoms with Crippen molar-refractivity contribution in [3.8, 4) is 0 Å².